The van der Waals surface area contributed by atoms with Gasteiger partial charge < -0.3 is 9.73 Å². The lowest BCUT2D eigenvalue weighted by Gasteiger charge is -2.31. The third-order valence-electron chi connectivity index (χ3n) is 4.04. The maximum absolute atomic E-state index is 13.1. The third-order valence-corrected chi connectivity index (χ3v) is 4.45. The Morgan fingerprint density at radius 1 is 1.24 bits per heavy atom. The molecule has 0 unspecified atom stereocenters. The Balaban J connectivity index is 1.87. The van der Waals surface area contributed by atoms with Gasteiger partial charge in [-0.05, 0) is 46.5 Å². The molecule has 1 aliphatic carbocycles. The predicted molar refractivity (Wildman–Crippen MR) is 80.4 cm³/mol. The fourth-order valence-corrected chi connectivity index (χ4v) is 3.29. The van der Waals surface area contributed by atoms with Crippen molar-refractivity contribution in [2.45, 2.75) is 31.2 Å². The molecular weight excluding hydrogens is 337 g/mol. The minimum absolute atomic E-state index is 0.171. The average Bonchev–Trinajstić information content (AvgIpc) is 3.09. The topological polar surface area (TPSA) is 42.2 Å². The van der Waals surface area contributed by atoms with Crippen LogP contribution in [0.2, 0.25) is 0 Å². The van der Waals surface area contributed by atoms with Crippen LogP contribution >= 0.6 is 15.9 Å². The first-order chi connectivity index (χ1) is 10.1. The SMILES string of the molecule is O=C(NC1(c2ccc(F)cc2)CCCC1)c1coc(Br)c1. The van der Waals surface area contributed by atoms with E-state index in [0.29, 0.717) is 10.2 Å². The van der Waals surface area contributed by atoms with Crippen molar-refractivity contribution in [2.24, 2.45) is 0 Å². The molecule has 0 atom stereocenters. The van der Waals surface area contributed by atoms with Crippen LogP contribution in [0.4, 0.5) is 4.39 Å². The average molecular weight is 352 g/mol. The Labute approximate surface area is 130 Å². The first-order valence-electron chi connectivity index (χ1n) is 6.92. The van der Waals surface area contributed by atoms with Crippen LogP contribution in [0.25, 0.3) is 0 Å². The van der Waals surface area contributed by atoms with E-state index in [-0.39, 0.29) is 11.7 Å². The van der Waals surface area contributed by atoms with Crippen molar-refractivity contribution in [1.82, 2.24) is 5.32 Å². The van der Waals surface area contributed by atoms with E-state index in [9.17, 15) is 9.18 Å². The van der Waals surface area contributed by atoms with E-state index in [1.54, 1.807) is 18.2 Å². The molecule has 3 nitrogen and oxygen atoms in total. The molecule has 1 aromatic carbocycles. The van der Waals surface area contributed by atoms with Crippen LogP contribution in [0.15, 0.2) is 45.7 Å². The number of benzene rings is 1. The van der Waals surface area contributed by atoms with Gasteiger partial charge in [0.25, 0.3) is 5.91 Å². The van der Waals surface area contributed by atoms with Gasteiger partial charge in [-0.15, -0.1) is 0 Å². The number of carbonyl (C=O) groups excluding carboxylic acids is 1. The minimum atomic E-state index is -0.408. The van der Waals surface area contributed by atoms with Crippen LogP contribution in [0.1, 0.15) is 41.6 Å². The van der Waals surface area contributed by atoms with Gasteiger partial charge in [0.05, 0.1) is 11.1 Å². The van der Waals surface area contributed by atoms with Crippen LogP contribution in [-0.2, 0) is 5.54 Å². The summed E-state index contributed by atoms with van der Waals surface area (Å²) >= 11 is 3.19. The number of rotatable bonds is 3. The van der Waals surface area contributed by atoms with Crippen molar-refractivity contribution < 1.29 is 13.6 Å². The van der Waals surface area contributed by atoms with Crippen LogP contribution in [0, 0.1) is 5.82 Å². The fraction of sp³-hybridized carbons (Fsp3) is 0.312. The van der Waals surface area contributed by atoms with Crippen molar-refractivity contribution in [2.75, 3.05) is 0 Å². The summed E-state index contributed by atoms with van der Waals surface area (Å²) in [4.78, 5) is 12.4. The summed E-state index contributed by atoms with van der Waals surface area (Å²) in [5, 5.41) is 3.12. The highest BCUT2D eigenvalue weighted by Crippen LogP contribution is 2.39. The number of amides is 1. The van der Waals surface area contributed by atoms with E-state index in [4.69, 9.17) is 4.42 Å². The normalized spacial score (nSPS) is 16.9. The summed E-state index contributed by atoms with van der Waals surface area (Å²) in [7, 11) is 0. The molecular formula is C16H15BrFNO2. The molecule has 1 aromatic heterocycles. The third kappa shape index (κ3) is 2.88. The highest BCUT2D eigenvalue weighted by atomic mass is 79.9. The Morgan fingerprint density at radius 3 is 2.48 bits per heavy atom. The van der Waals surface area contributed by atoms with Crippen LogP contribution in [0.5, 0.6) is 0 Å². The maximum Gasteiger partial charge on any atom is 0.255 e. The number of hydrogen-bond acceptors (Lipinski definition) is 2. The van der Waals surface area contributed by atoms with Gasteiger partial charge in [-0.2, -0.15) is 0 Å². The molecule has 1 N–H and O–H groups in total. The van der Waals surface area contributed by atoms with Crippen molar-refractivity contribution in [3.63, 3.8) is 0 Å². The summed E-state index contributed by atoms with van der Waals surface area (Å²) < 4.78 is 18.8. The smallest absolute Gasteiger partial charge is 0.255 e. The number of carbonyl (C=O) groups is 1. The van der Waals surface area contributed by atoms with Crippen LogP contribution in [0.3, 0.4) is 0 Å². The van der Waals surface area contributed by atoms with E-state index in [0.717, 1.165) is 31.2 Å². The second-order valence-corrected chi connectivity index (χ2v) is 6.17. The molecule has 0 spiro atoms. The van der Waals surface area contributed by atoms with E-state index in [1.807, 2.05) is 0 Å². The first-order valence-corrected chi connectivity index (χ1v) is 7.71. The van der Waals surface area contributed by atoms with Gasteiger partial charge in [0.1, 0.15) is 12.1 Å². The number of nitrogens with one attached hydrogen (secondary N) is 1. The maximum atomic E-state index is 13.1. The van der Waals surface area contributed by atoms with Gasteiger partial charge in [-0.3, -0.25) is 4.79 Å². The summed E-state index contributed by atoms with van der Waals surface area (Å²) in [5.74, 6) is -0.437. The molecule has 0 radical (unpaired) electrons. The standard InChI is InChI=1S/C16H15BrFNO2/c17-14-9-11(10-21-14)15(20)19-16(7-1-2-8-16)12-3-5-13(18)6-4-12/h3-6,9-10H,1-2,7-8H2,(H,19,20). The lowest BCUT2D eigenvalue weighted by molar-refractivity contribution is 0.0897. The fourth-order valence-electron chi connectivity index (χ4n) is 2.95. The molecule has 1 aliphatic rings. The molecule has 1 fully saturated rings. The summed E-state index contributed by atoms with van der Waals surface area (Å²) in [6.07, 6.45) is 5.25. The molecule has 21 heavy (non-hydrogen) atoms. The number of halogens is 2. The molecule has 1 saturated carbocycles. The quantitative estimate of drug-likeness (QED) is 0.891. The molecule has 3 rings (SSSR count). The summed E-state index contributed by atoms with van der Waals surface area (Å²) in [6.45, 7) is 0. The zero-order chi connectivity index (χ0) is 14.9. The zero-order valence-electron chi connectivity index (χ0n) is 11.4. The highest BCUT2D eigenvalue weighted by molar-refractivity contribution is 9.10. The molecule has 0 bridgehead atoms. The molecule has 110 valence electrons. The molecule has 1 heterocycles. The molecule has 5 heteroatoms. The van der Waals surface area contributed by atoms with Crippen LogP contribution < -0.4 is 5.32 Å². The van der Waals surface area contributed by atoms with Gasteiger partial charge in [-0.1, -0.05) is 25.0 Å². The van der Waals surface area contributed by atoms with E-state index >= 15 is 0 Å². The highest BCUT2D eigenvalue weighted by Gasteiger charge is 2.37. The number of furan rings is 1. The van der Waals surface area contributed by atoms with Gasteiger partial charge in [0, 0.05) is 6.07 Å². The first kappa shape index (κ1) is 14.3. The van der Waals surface area contributed by atoms with Gasteiger partial charge in [0.2, 0.25) is 0 Å². The Bertz CT molecular complexity index is 645. The molecule has 1 amide bonds. The second-order valence-electron chi connectivity index (χ2n) is 5.39. The van der Waals surface area contributed by atoms with Gasteiger partial charge in [0.15, 0.2) is 4.67 Å². The van der Waals surface area contributed by atoms with Crippen molar-refractivity contribution in [3.05, 3.63) is 58.2 Å². The predicted octanol–water partition coefficient (Wildman–Crippen LogP) is 4.38. The lowest BCUT2D eigenvalue weighted by atomic mass is 9.88. The van der Waals surface area contributed by atoms with E-state index in [1.165, 1.54) is 18.4 Å². The Morgan fingerprint density at radius 2 is 1.90 bits per heavy atom. The van der Waals surface area contributed by atoms with E-state index < -0.39 is 5.54 Å². The molecule has 0 saturated heterocycles. The van der Waals surface area contributed by atoms with Gasteiger partial charge in [-0.25, -0.2) is 4.39 Å². The van der Waals surface area contributed by atoms with Crippen molar-refractivity contribution >= 4 is 21.8 Å². The number of hydrogen-bond donors (Lipinski definition) is 1. The van der Waals surface area contributed by atoms with E-state index in [2.05, 4.69) is 21.2 Å². The lowest BCUT2D eigenvalue weighted by Crippen LogP contribution is -2.43. The molecule has 2 aromatic rings. The minimum Gasteiger partial charge on any atom is -0.457 e. The van der Waals surface area contributed by atoms with Crippen LogP contribution in [-0.4, -0.2) is 5.91 Å². The van der Waals surface area contributed by atoms with Crippen molar-refractivity contribution in [3.8, 4) is 0 Å². The Hall–Kier alpha value is -1.62. The molecule has 0 aliphatic heterocycles. The van der Waals surface area contributed by atoms with Gasteiger partial charge >= 0.3 is 0 Å². The van der Waals surface area contributed by atoms with Crippen molar-refractivity contribution in [1.29, 1.82) is 0 Å². The summed E-state index contributed by atoms with van der Waals surface area (Å²) in [5.41, 5.74) is 1.03. The Kier molecular flexibility index (Phi) is 3.85. The summed E-state index contributed by atoms with van der Waals surface area (Å²) in [6, 6.07) is 8.03. The second kappa shape index (κ2) is 5.64. The largest absolute Gasteiger partial charge is 0.457 e. The zero-order valence-corrected chi connectivity index (χ0v) is 13.0. The monoisotopic (exact) mass is 351 g/mol.